The van der Waals surface area contributed by atoms with Gasteiger partial charge in [0.05, 0.1) is 6.42 Å². The predicted octanol–water partition coefficient (Wildman–Crippen LogP) is 3.10. The van der Waals surface area contributed by atoms with Crippen molar-refractivity contribution in [2.45, 2.75) is 31.8 Å². The number of carbonyl (C=O) groups is 3. The minimum atomic E-state index is -0.952. The summed E-state index contributed by atoms with van der Waals surface area (Å²) in [5, 5.41) is 2.70. The van der Waals surface area contributed by atoms with Crippen LogP contribution in [-0.2, 0) is 14.3 Å². The first kappa shape index (κ1) is 20.6. The minimum Gasteiger partial charge on any atom is -0.447 e. The number of ether oxygens (including phenoxy) is 1. The summed E-state index contributed by atoms with van der Waals surface area (Å²) in [5.41, 5.74) is 1.19. The van der Waals surface area contributed by atoms with Gasteiger partial charge in [-0.05, 0) is 31.4 Å². The number of hydrogen-bond donors (Lipinski definition) is 1. The van der Waals surface area contributed by atoms with E-state index in [1.165, 1.54) is 0 Å². The molecule has 2 amide bonds. The maximum absolute atomic E-state index is 13.0. The summed E-state index contributed by atoms with van der Waals surface area (Å²) in [6, 6.07) is 17.9. The van der Waals surface area contributed by atoms with E-state index in [1.807, 2.05) is 24.3 Å². The first-order chi connectivity index (χ1) is 14.1. The van der Waals surface area contributed by atoms with E-state index in [-0.39, 0.29) is 24.8 Å². The number of hydrogen-bond acceptors (Lipinski definition) is 4. The zero-order valence-electron chi connectivity index (χ0n) is 16.4. The molecule has 0 aromatic heterocycles. The van der Waals surface area contributed by atoms with Crippen LogP contribution in [0.25, 0.3) is 0 Å². The van der Waals surface area contributed by atoms with Crippen molar-refractivity contribution in [3.63, 3.8) is 0 Å². The molecular formula is C23H26N2O4. The van der Waals surface area contributed by atoms with Crippen LogP contribution in [0.5, 0.6) is 0 Å². The van der Waals surface area contributed by atoms with Crippen molar-refractivity contribution in [1.29, 1.82) is 0 Å². The van der Waals surface area contributed by atoms with Crippen LogP contribution in [0.1, 0.15) is 47.7 Å². The lowest BCUT2D eigenvalue weighted by Crippen LogP contribution is -2.40. The zero-order valence-corrected chi connectivity index (χ0v) is 16.4. The molecule has 0 saturated carbocycles. The lowest BCUT2D eigenvalue weighted by molar-refractivity contribution is -0.161. The van der Waals surface area contributed by atoms with E-state index in [4.69, 9.17) is 4.74 Å². The third-order valence-electron chi connectivity index (χ3n) is 4.89. The first-order valence-corrected chi connectivity index (χ1v) is 10.0. The molecular weight excluding hydrogens is 368 g/mol. The molecule has 2 aromatic rings. The Kier molecular flexibility index (Phi) is 7.39. The van der Waals surface area contributed by atoms with Gasteiger partial charge in [-0.3, -0.25) is 14.4 Å². The Morgan fingerprint density at radius 1 is 0.897 bits per heavy atom. The molecule has 152 valence electrons. The second-order valence-electron chi connectivity index (χ2n) is 7.04. The molecule has 0 spiro atoms. The molecule has 2 aromatic carbocycles. The van der Waals surface area contributed by atoms with Crippen LogP contribution in [0, 0.1) is 0 Å². The fraction of sp³-hybridized carbons (Fsp3) is 0.348. The molecule has 6 heteroatoms. The molecule has 0 radical (unpaired) electrons. The predicted molar refractivity (Wildman–Crippen MR) is 109 cm³/mol. The zero-order chi connectivity index (χ0) is 20.5. The normalized spacial score (nSPS) is 14.7. The van der Waals surface area contributed by atoms with E-state index in [2.05, 4.69) is 5.32 Å². The molecule has 1 fully saturated rings. The highest BCUT2D eigenvalue weighted by Crippen LogP contribution is 2.23. The Labute approximate surface area is 170 Å². The number of esters is 1. The topological polar surface area (TPSA) is 75.7 Å². The second kappa shape index (κ2) is 10.4. The Hall–Kier alpha value is -3.15. The Morgan fingerprint density at radius 3 is 2.17 bits per heavy atom. The molecule has 0 aliphatic carbocycles. The summed E-state index contributed by atoms with van der Waals surface area (Å²) in [7, 11) is 0. The molecule has 1 N–H and O–H groups in total. The number of carbonyl (C=O) groups excluding carboxylic acids is 3. The van der Waals surface area contributed by atoms with E-state index >= 15 is 0 Å². The minimum absolute atomic E-state index is 0.00477. The van der Waals surface area contributed by atoms with Crippen molar-refractivity contribution in [2.75, 3.05) is 19.6 Å². The van der Waals surface area contributed by atoms with Gasteiger partial charge in [0.2, 0.25) is 6.10 Å². The Bertz CT molecular complexity index is 817. The number of rotatable bonds is 7. The van der Waals surface area contributed by atoms with Crippen LogP contribution < -0.4 is 5.32 Å². The van der Waals surface area contributed by atoms with Gasteiger partial charge >= 0.3 is 5.97 Å². The number of nitrogens with one attached hydrogen (secondary N) is 1. The van der Waals surface area contributed by atoms with Crippen molar-refractivity contribution in [2.24, 2.45) is 0 Å². The van der Waals surface area contributed by atoms with E-state index in [9.17, 15) is 14.4 Å². The Balaban J connectivity index is 1.57. The average Bonchev–Trinajstić information content (AvgIpc) is 2.78. The molecule has 3 rings (SSSR count). The van der Waals surface area contributed by atoms with E-state index < -0.39 is 12.1 Å². The average molecular weight is 394 g/mol. The third-order valence-corrected chi connectivity index (χ3v) is 4.89. The van der Waals surface area contributed by atoms with Crippen LogP contribution in [0.15, 0.2) is 60.7 Å². The third kappa shape index (κ3) is 5.91. The number of nitrogens with zero attached hydrogens (tertiary/aromatic N) is 1. The molecule has 0 bridgehead atoms. The molecule has 1 atom stereocenters. The maximum Gasteiger partial charge on any atom is 0.308 e. The highest BCUT2D eigenvalue weighted by atomic mass is 16.5. The van der Waals surface area contributed by atoms with E-state index in [0.29, 0.717) is 24.2 Å². The molecule has 29 heavy (non-hydrogen) atoms. The van der Waals surface area contributed by atoms with Crippen molar-refractivity contribution >= 4 is 17.8 Å². The van der Waals surface area contributed by atoms with Crippen LogP contribution in [0.3, 0.4) is 0 Å². The largest absolute Gasteiger partial charge is 0.447 e. The summed E-state index contributed by atoms with van der Waals surface area (Å²) < 4.78 is 5.56. The maximum atomic E-state index is 13.0. The van der Waals surface area contributed by atoms with Gasteiger partial charge in [0, 0.05) is 30.8 Å². The van der Waals surface area contributed by atoms with Gasteiger partial charge in [-0.2, -0.15) is 0 Å². The van der Waals surface area contributed by atoms with Crippen LogP contribution in [-0.4, -0.2) is 42.3 Å². The molecule has 1 heterocycles. The highest BCUT2D eigenvalue weighted by Gasteiger charge is 2.30. The quantitative estimate of drug-likeness (QED) is 0.732. The first-order valence-electron chi connectivity index (χ1n) is 10.0. The van der Waals surface area contributed by atoms with Crippen molar-refractivity contribution in [1.82, 2.24) is 10.2 Å². The van der Waals surface area contributed by atoms with Gasteiger partial charge in [0.25, 0.3) is 11.8 Å². The number of amides is 2. The molecule has 1 aliphatic heterocycles. The fourth-order valence-corrected chi connectivity index (χ4v) is 3.33. The van der Waals surface area contributed by atoms with Crippen LogP contribution in [0.4, 0.5) is 0 Å². The van der Waals surface area contributed by atoms with Gasteiger partial charge < -0.3 is 15.0 Å². The van der Waals surface area contributed by atoms with Crippen LogP contribution in [0.2, 0.25) is 0 Å². The Morgan fingerprint density at radius 2 is 1.52 bits per heavy atom. The number of piperidine rings is 1. The lowest BCUT2D eigenvalue weighted by Gasteiger charge is -2.30. The highest BCUT2D eigenvalue weighted by molar-refractivity contribution is 5.94. The van der Waals surface area contributed by atoms with Gasteiger partial charge in [0.1, 0.15) is 0 Å². The van der Waals surface area contributed by atoms with E-state index in [1.54, 1.807) is 41.3 Å². The SMILES string of the molecule is O=C(CCNC(=O)c1ccccc1)O[C@@H](C(=O)N1CCCCC1)c1ccccc1. The summed E-state index contributed by atoms with van der Waals surface area (Å²) in [5.74, 6) is -0.947. The van der Waals surface area contributed by atoms with Gasteiger partial charge in [-0.1, -0.05) is 48.5 Å². The lowest BCUT2D eigenvalue weighted by atomic mass is 10.1. The fourth-order valence-electron chi connectivity index (χ4n) is 3.33. The van der Waals surface area contributed by atoms with Crippen molar-refractivity contribution in [3.05, 3.63) is 71.8 Å². The summed E-state index contributed by atoms with van der Waals surface area (Å²) in [4.78, 5) is 39.2. The standard InChI is InChI=1S/C23H26N2O4/c26-20(14-15-24-22(27)19-12-6-2-7-13-19)29-21(18-10-4-1-5-11-18)23(28)25-16-8-3-9-17-25/h1-2,4-7,10-13,21H,3,8-9,14-17H2,(H,24,27)/t21-/m1/s1. The summed E-state index contributed by atoms with van der Waals surface area (Å²) >= 11 is 0. The van der Waals surface area contributed by atoms with Crippen molar-refractivity contribution < 1.29 is 19.1 Å². The monoisotopic (exact) mass is 394 g/mol. The van der Waals surface area contributed by atoms with Crippen molar-refractivity contribution in [3.8, 4) is 0 Å². The molecule has 6 nitrogen and oxygen atoms in total. The van der Waals surface area contributed by atoms with Gasteiger partial charge in [-0.15, -0.1) is 0 Å². The smallest absolute Gasteiger partial charge is 0.308 e. The second-order valence-corrected chi connectivity index (χ2v) is 7.04. The molecule has 1 aliphatic rings. The number of likely N-dealkylation sites (tertiary alicyclic amines) is 1. The summed E-state index contributed by atoms with van der Waals surface area (Å²) in [6.07, 6.45) is 2.08. The number of benzene rings is 2. The van der Waals surface area contributed by atoms with Gasteiger partial charge in [-0.25, -0.2) is 0 Å². The molecule has 1 saturated heterocycles. The summed E-state index contributed by atoms with van der Waals surface area (Å²) in [6.45, 7) is 1.52. The van der Waals surface area contributed by atoms with Crippen LogP contribution >= 0.6 is 0 Å². The molecule has 0 unspecified atom stereocenters. The van der Waals surface area contributed by atoms with E-state index in [0.717, 1.165) is 19.3 Å². The van der Waals surface area contributed by atoms with Gasteiger partial charge in [0.15, 0.2) is 0 Å².